The third-order valence-electron chi connectivity index (χ3n) is 3.96. The van der Waals surface area contributed by atoms with Crippen LogP contribution in [0.5, 0.6) is 0 Å². The smallest absolute Gasteiger partial charge is 0.192 e. The minimum Gasteiger partial charge on any atom is -0.357 e. The van der Waals surface area contributed by atoms with E-state index in [2.05, 4.69) is 4.99 Å². The second-order valence-electron chi connectivity index (χ2n) is 6.64. The highest BCUT2D eigenvalue weighted by atomic mass is 16.5. The highest BCUT2D eigenvalue weighted by Gasteiger charge is 2.49. The number of nitriles is 1. The summed E-state index contributed by atoms with van der Waals surface area (Å²) in [7, 11) is 0. The summed E-state index contributed by atoms with van der Waals surface area (Å²) in [5.41, 5.74) is 1.32. The second kappa shape index (κ2) is 6.54. The van der Waals surface area contributed by atoms with E-state index < -0.39 is 11.2 Å². The van der Waals surface area contributed by atoms with Crippen molar-refractivity contribution in [3.05, 3.63) is 47.0 Å². The molecule has 4 heteroatoms. The molecule has 0 aliphatic carbocycles. The fourth-order valence-corrected chi connectivity index (χ4v) is 2.97. The zero-order chi connectivity index (χ0) is 18.0. The summed E-state index contributed by atoms with van der Waals surface area (Å²) < 4.78 is 5.91. The maximum Gasteiger partial charge on any atom is 0.192 e. The molecule has 0 amide bonds. The Kier molecular flexibility index (Phi) is 4.86. The molecule has 1 saturated heterocycles. The fraction of sp³-hybridized carbons (Fsp3) is 0.350. The maximum atomic E-state index is 12.7. The molecule has 0 aromatic heterocycles. The summed E-state index contributed by atoms with van der Waals surface area (Å²) >= 11 is 0. The van der Waals surface area contributed by atoms with Crippen LogP contribution in [0.15, 0.2) is 40.9 Å². The number of benzene rings is 1. The first kappa shape index (κ1) is 17.8. The van der Waals surface area contributed by atoms with Gasteiger partial charge in [0.1, 0.15) is 5.60 Å². The Labute approximate surface area is 143 Å². The number of hydrogen-bond donors (Lipinski definition) is 0. The molecule has 0 bridgehead atoms. The van der Waals surface area contributed by atoms with Crippen molar-refractivity contribution in [1.29, 1.82) is 5.26 Å². The lowest BCUT2D eigenvalue weighted by atomic mass is 9.89. The number of carbonyl (C=O) groups is 1. The first-order valence-corrected chi connectivity index (χ1v) is 7.88. The van der Waals surface area contributed by atoms with E-state index in [1.54, 1.807) is 27.0 Å². The van der Waals surface area contributed by atoms with Crippen molar-refractivity contribution in [3.8, 4) is 6.07 Å². The molecule has 0 saturated carbocycles. The van der Waals surface area contributed by atoms with E-state index in [0.717, 1.165) is 11.1 Å². The molecule has 1 heterocycles. The van der Waals surface area contributed by atoms with Gasteiger partial charge < -0.3 is 4.74 Å². The Morgan fingerprint density at radius 2 is 1.88 bits per heavy atom. The number of Topliss-reactive ketones (excluding diaryl/α,β-unsaturated/α-hetero) is 1. The van der Waals surface area contributed by atoms with E-state index in [0.29, 0.717) is 11.3 Å². The molecule has 0 spiro atoms. The fourth-order valence-electron chi connectivity index (χ4n) is 2.97. The second-order valence-corrected chi connectivity index (χ2v) is 6.64. The van der Waals surface area contributed by atoms with Gasteiger partial charge in [-0.3, -0.25) is 9.79 Å². The van der Waals surface area contributed by atoms with Crippen LogP contribution >= 0.6 is 0 Å². The van der Waals surface area contributed by atoms with Crippen LogP contribution in [0.1, 0.15) is 45.7 Å². The van der Waals surface area contributed by atoms with Gasteiger partial charge in [0.05, 0.1) is 17.4 Å². The monoisotopic (exact) mass is 322 g/mol. The van der Waals surface area contributed by atoms with Crippen LogP contribution in [0.3, 0.4) is 0 Å². The molecule has 1 aliphatic heterocycles. The van der Waals surface area contributed by atoms with Crippen molar-refractivity contribution in [3.63, 3.8) is 0 Å². The molecule has 1 fully saturated rings. The van der Waals surface area contributed by atoms with Crippen LogP contribution in [-0.2, 0) is 9.53 Å². The number of nitrogens with zero attached hydrogens (tertiary/aromatic N) is 2. The molecule has 2 rings (SSSR count). The first-order chi connectivity index (χ1) is 11.2. The number of ketones is 1. The lowest BCUT2D eigenvalue weighted by Gasteiger charge is -2.22. The average molecular weight is 322 g/mol. The van der Waals surface area contributed by atoms with Gasteiger partial charge in [-0.05, 0) is 46.3 Å². The van der Waals surface area contributed by atoms with Crippen LogP contribution < -0.4 is 0 Å². The van der Waals surface area contributed by atoms with Gasteiger partial charge in [0, 0.05) is 23.4 Å². The van der Waals surface area contributed by atoms with E-state index >= 15 is 0 Å². The highest BCUT2D eigenvalue weighted by molar-refractivity contribution is 6.08. The molecule has 124 valence electrons. The van der Waals surface area contributed by atoms with E-state index in [1.807, 2.05) is 50.3 Å². The number of carbonyl (C=O) groups excluding carboxylic acids is 1. The largest absolute Gasteiger partial charge is 0.357 e. The van der Waals surface area contributed by atoms with Crippen molar-refractivity contribution in [1.82, 2.24) is 0 Å². The first-order valence-electron chi connectivity index (χ1n) is 7.88. The Morgan fingerprint density at radius 1 is 1.21 bits per heavy atom. The van der Waals surface area contributed by atoms with Crippen LogP contribution in [-0.4, -0.2) is 23.2 Å². The highest BCUT2D eigenvalue weighted by Crippen LogP contribution is 2.40. The van der Waals surface area contributed by atoms with Crippen molar-refractivity contribution < 1.29 is 9.53 Å². The minimum absolute atomic E-state index is 0.0212. The molecule has 1 aromatic carbocycles. The predicted molar refractivity (Wildman–Crippen MR) is 96.4 cm³/mol. The summed E-state index contributed by atoms with van der Waals surface area (Å²) in [6.45, 7) is 9.15. The number of rotatable bonds is 3. The Bertz CT molecular complexity index is 790. The molecule has 24 heavy (non-hydrogen) atoms. The standard InChI is InChI=1S/C20H22N2O2/c1-6-22-17(11-12-21)15-10-8-7-9-14(15)13-16-18(23)20(4,5)24-19(16,2)3/h6-11,13H,1-5H3/b16-13-,17-11-,22-6?. The zero-order valence-corrected chi connectivity index (χ0v) is 14.8. The lowest BCUT2D eigenvalue weighted by Crippen LogP contribution is -2.29. The van der Waals surface area contributed by atoms with Gasteiger partial charge in [0.25, 0.3) is 0 Å². The van der Waals surface area contributed by atoms with Gasteiger partial charge >= 0.3 is 0 Å². The van der Waals surface area contributed by atoms with E-state index in [1.165, 1.54) is 6.08 Å². The van der Waals surface area contributed by atoms with Gasteiger partial charge in [-0.25, -0.2) is 0 Å². The average Bonchev–Trinajstić information content (AvgIpc) is 2.65. The third-order valence-corrected chi connectivity index (χ3v) is 3.96. The van der Waals surface area contributed by atoms with Crippen molar-refractivity contribution in [2.24, 2.45) is 4.99 Å². The SMILES string of the molecule is CC=N/C(=C\C#N)c1ccccc1/C=C1/C(=O)C(C)(C)OC1(C)C. The number of ether oxygens (including phenoxy) is 1. The summed E-state index contributed by atoms with van der Waals surface area (Å²) in [6, 6.07) is 9.60. The molecule has 0 atom stereocenters. The predicted octanol–water partition coefficient (Wildman–Crippen LogP) is 4.18. The van der Waals surface area contributed by atoms with E-state index in [-0.39, 0.29) is 5.78 Å². The van der Waals surface area contributed by atoms with Gasteiger partial charge in [0.15, 0.2) is 5.78 Å². The van der Waals surface area contributed by atoms with Gasteiger partial charge in [-0.2, -0.15) is 5.26 Å². The Balaban J connectivity index is 2.62. The molecule has 1 aromatic rings. The topological polar surface area (TPSA) is 62.5 Å². The van der Waals surface area contributed by atoms with E-state index in [4.69, 9.17) is 10.00 Å². The minimum atomic E-state index is -0.836. The normalized spacial score (nSPS) is 21.4. The molecule has 1 aliphatic rings. The molecular weight excluding hydrogens is 300 g/mol. The quantitative estimate of drug-likeness (QED) is 0.476. The van der Waals surface area contributed by atoms with Crippen molar-refractivity contribution in [2.45, 2.75) is 45.8 Å². The summed E-state index contributed by atoms with van der Waals surface area (Å²) in [4.78, 5) is 17.0. The zero-order valence-electron chi connectivity index (χ0n) is 14.8. The number of aliphatic imine (C=N–C) groups is 1. The van der Waals surface area contributed by atoms with Crippen LogP contribution in [0.4, 0.5) is 0 Å². The summed E-state index contributed by atoms with van der Waals surface area (Å²) in [6.07, 6.45) is 4.90. The summed E-state index contributed by atoms with van der Waals surface area (Å²) in [5.74, 6) is -0.0212. The number of hydrogen-bond acceptors (Lipinski definition) is 4. The molecule has 4 nitrogen and oxygen atoms in total. The van der Waals surface area contributed by atoms with Crippen molar-refractivity contribution >= 4 is 23.8 Å². The lowest BCUT2D eigenvalue weighted by molar-refractivity contribution is -0.132. The van der Waals surface area contributed by atoms with Crippen molar-refractivity contribution in [2.75, 3.05) is 0 Å². The molecule has 0 radical (unpaired) electrons. The van der Waals surface area contributed by atoms with Gasteiger partial charge in [-0.15, -0.1) is 0 Å². The van der Waals surface area contributed by atoms with Gasteiger partial charge in [0.2, 0.25) is 0 Å². The molecule has 0 unspecified atom stereocenters. The number of allylic oxidation sites excluding steroid dienone is 1. The van der Waals surface area contributed by atoms with Crippen LogP contribution in [0, 0.1) is 11.3 Å². The Morgan fingerprint density at radius 3 is 2.42 bits per heavy atom. The summed E-state index contributed by atoms with van der Waals surface area (Å²) in [5, 5.41) is 9.00. The van der Waals surface area contributed by atoms with Gasteiger partial charge in [-0.1, -0.05) is 24.3 Å². The Hall–Kier alpha value is -2.51. The molecular formula is C20H22N2O2. The molecule has 0 N–H and O–H groups in total. The maximum absolute atomic E-state index is 12.7. The third kappa shape index (κ3) is 3.37. The van der Waals surface area contributed by atoms with Crippen LogP contribution in [0.25, 0.3) is 11.8 Å². The van der Waals surface area contributed by atoms with E-state index in [9.17, 15) is 4.79 Å². The van der Waals surface area contributed by atoms with Crippen LogP contribution in [0.2, 0.25) is 0 Å².